The molecule has 0 aliphatic heterocycles. The maximum Gasteiger partial charge on any atom is 0.573 e. The molecule has 12 heteroatoms. The Kier molecular flexibility index (Phi) is 9.25. The third-order valence-corrected chi connectivity index (χ3v) is 5.03. The number of anilines is 2. The van der Waals surface area contributed by atoms with Crippen LogP contribution in [0.3, 0.4) is 0 Å². The van der Waals surface area contributed by atoms with Crippen molar-refractivity contribution in [1.82, 2.24) is 0 Å². The monoisotopic (exact) mass is 560 g/mol. The van der Waals surface area contributed by atoms with Gasteiger partial charge >= 0.3 is 18.4 Å². The topological polar surface area (TPSA) is 114 Å². The highest BCUT2D eigenvalue weighted by Gasteiger charge is 2.31. The zero-order valence-electron chi connectivity index (χ0n) is 21.8. The normalized spacial score (nSPS) is 11.3. The molecular weight excluding hydrogens is 533 g/mol. The van der Waals surface area contributed by atoms with Gasteiger partial charge in [0.25, 0.3) is 5.91 Å². The molecule has 212 valence electrons. The van der Waals surface area contributed by atoms with E-state index in [-0.39, 0.29) is 23.5 Å². The van der Waals surface area contributed by atoms with Crippen LogP contribution in [0, 0.1) is 0 Å². The van der Waals surface area contributed by atoms with Crippen molar-refractivity contribution in [2.24, 2.45) is 0 Å². The van der Waals surface area contributed by atoms with Crippen molar-refractivity contribution in [3.05, 3.63) is 83.9 Å². The van der Waals surface area contributed by atoms with Crippen LogP contribution in [0.15, 0.2) is 72.8 Å². The average molecular weight is 561 g/mol. The number of carbonyl (C=O) groups is 3. The minimum Gasteiger partial charge on any atom is -0.484 e. The number of ether oxygens (including phenoxy) is 3. The number of benzene rings is 3. The molecule has 0 saturated heterocycles. The van der Waals surface area contributed by atoms with Crippen LogP contribution in [-0.2, 0) is 16.1 Å². The summed E-state index contributed by atoms with van der Waals surface area (Å²) in [6.07, 6.45) is -5.71. The lowest BCUT2D eigenvalue weighted by Crippen LogP contribution is -2.37. The van der Waals surface area contributed by atoms with Gasteiger partial charge in [-0.15, -0.1) is 13.2 Å². The smallest absolute Gasteiger partial charge is 0.484 e. The Morgan fingerprint density at radius 1 is 0.900 bits per heavy atom. The molecule has 40 heavy (non-hydrogen) atoms. The van der Waals surface area contributed by atoms with Gasteiger partial charge in [-0.25, -0.2) is 9.59 Å². The first kappa shape index (κ1) is 29.8. The Balaban J connectivity index is 1.94. The predicted octanol–water partition coefficient (Wildman–Crippen LogP) is 6.24. The molecule has 9 nitrogen and oxygen atoms in total. The molecule has 3 aromatic carbocycles. The average Bonchev–Trinajstić information content (AvgIpc) is 2.86. The van der Waals surface area contributed by atoms with Crippen LogP contribution in [0.4, 0.5) is 29.3 Å². The van der Waals surface area contributed by atoms with Crippen LogP contribution in [0.25, 0.3) is 0 Å². The van der Waals surface area contributed by atoms with E-state index >= 15 is 0 Å². The van der Waals surface area contributed by atoms with E-state index in [1.165, 1.54) is 30.3 Å². The Morgan fingerprint density at radius 2 is 1.55 bits per heavy atom. The van der Waals surface area contributed by atoms with Gasteiger partial charge < -0.3 is 24.6 Å². The van der Waals surface area contributed by atoms with Crippen molar-refractivity contribution in [3.8, 4) is 11.5 Å². The first-order valence-corrected chi connectivity index (χ1v) is 11.9. The number of hydrogen-bond acceptors (Lipinski definition) is 6. The Hall–Kier alpha value is -4.74. The van der Waals surface area contributed by atoms with Gasteiger partial charge in [0.15, 0.2) is 6.61 Å². The van der Waals surface area contributed by atoms with Gasteiger partial charge in [-0.1, -0.05) is 30.3 Å². The Labute approximate surface area is 228 Å². The summed E-state index contributed by atoms with van der Waals surface area (Å²) in [6.45, 7) is 4.32. The number of para-hydroxylation sites is 1. The fraction of sp³-hybridized carbons (Fsp3) is 0.250. The number of rotatable bonds is 9. The highest BCUT2D eigenvalue weighted by molar-refractivity contribution is 6.01. The van der Waals surface area contributed by atoms with E-state index in [2.05, 4.69) is 10.1 Å². The SMILES string of the molecule is CC(C)(C)OC(=O)N(Cc1ccc(OC(F)(F)F)cc1)c1ccc(C(=O)O)cc1NC(=O)COc1ccccc1. The van der Waals surface area contributed by atoms with E-state index in [4.69, 9.17) is 9.47 Å². The molecule has 0 aromatic heterocycles. The Morgan fingerprint density at radius 3 is 2.12 bits per heavy atom. The minimum absolute atomic E-state index is 0.0237. The van der Waals surface area contributed by atoms with Crippen LogP contribution >= 0.6 is 0 Å². The van der Waals surface area contributed by atoms with Crippen LogP contribution in [0.2, 0.25) is 0 Å². The summed E-state index contributed by atoms with van der Waals surface area (Å²) < 4.78 is 52.5. The first-order chi connectivity index (χ1) is 18.7. The summed E-state index contributed by atoms with van der Waals surface area (Å²) in [5, 5.41) is 12.1. The van der Waals surface area contributed by atoms with E-state index < -0.39 is 42.3 Å². The summed E-state index contributed by atoms with van der Waals surface area (Å²) in [5.41, 5.74) is -0.631. The Bertz CT molecular complexity index is 1340. The lowest BCUT2D eigenvalue weighted by molar-refractivity contribution is -0.274. The summed E-state index contributed by atoms with van der Waals surface area (Å²) in [4.78, 5) is 38.8. The summed E-state index contributed by atoms with van der Waals surface area (Å²) >= 11 is 0. The van der Waals surface area contributed by atoms with E-state index in [9.17, 15) is 32.7 Å². The number of nitrogens with zero attached hydrogens (tertiary/aromatic N) is 1. The van der Waals surface area contributed by atoms with Crippen molar-refractivity contribution in [2.45, 2.75) is 39.3 Å². The highest BCUT2D eigenvalue weighted by Crippen LogP contribution is 2.31. The number of carbonyl (C=O) groups excluding carboxylic acids is 2. The zero-order valence-corrected chi connectivity index (χ0v) is 21.8. The van der Waals surface area contributed by atoms with E-state index in [0.717, 1.165) is 17.0 Å². The molecule has 3 rings (SSSR count). The van der Waals surface area contributed by atoms with E-state index in [1.54, 1.807) is 51.1 Å². The zero-order chi connectivity index (χ0) is 29.5. The van der Waals surface area contributed by atoms with Gasteiger partial charge in [0.1, 0.15) is 17.1 Å². The molecular formula is C28H27F3N2O7. The molecule has 0 fully saturated rings. The number of hydrogen-bond donors (Lipinski definition) is 2. The molecule has 0 atom stereocenters. The number of alkyl halides is 3. The van der Waals surface area contributed by atoms with Crippen LogP contribution in [0.1, 0.15) is 36.7 Å². The van der Waals surface area contributed by atoms with Gasteiger partial charge in [0.05, 0.1) is 23.5 Å². The largest absolute Gasteiger partial charge is 0.573 e. The molecule has 0 spiro atoms. The van der Waals surface area contributed by atoms with Crippen LogP contribution in [0.5, 0.6) is 11.5 Å². The second-order valence-electron chi connectivity index (χ2n) is 9.45. The van der Waals surface area contributed by atoms with Gasteiger partial charge in [0, 0.05) is 0 Å². The number of carboxylic acid groups (broad SMARTS) is 1. The molecule has 0 bridgehead atoms. The van der Waals surface area contributed by atoms with Crippen molar-refractivity contribution < 1.29 is 46.9 Å². The maximum atomic E-state index is 13.3. The fourth-order valence-electron chi connectivity index (χ4n) is 3.40. The fourth-order valence-corrected chi connectivity index (χ4v) is 3.40. The summed E-state index contributed by atoms with van der Waals surface area (Å²) in [6, 6.07) is 17.1. The molecule has 2 amide bonds. The van der Waals surface area contributed by atoms with Gasteiger partial charge in [0.2, 0.25) is 0 Å². The molecule has 0 saturated carbocycles. The van der Waals surface area contributed by atoms with Crippen LogP contribution in [-0.4, -0.2) is 41.6 Å². The number of nitrogens with one attached hydrogen (secondary N) is 1. The van der Waals surface area contributed by atoms with Crippen LogP contribution < -0.4 is 19.7 Å². The predicted molar refractivity (Wildman–Crippen MR) is 140 cm³/mol. The molecule has 0 unspecified atom stereocenters. The quantitative estimate of drug-likeness (QED) is 0.318. The second-order valence-corrected chi connectivity index (χ2v) is 9.45. The van der Waals surface area contributed by atoms with E-state index in [1.807, 2.05) is 0 Å². The minimum atomic E-state index is -4.87. The lowest BCUT2D eigenvalue weighted by atomic mass is 10.1. The first-order valence-electron chi connectivity index (χ1n) is 11.9. The van der Waals surface area contributed by atoms with Crippen molar-refractivity contribution in [2.75, 3.05) is 16.8 Å². The third kappa shape index (κ3) is 9.22. The molecule has 0 aliphatic rings. The number of aromatic carboxylic acids is 1. The number of halogens is 3. The molecule has 0 heterocycles. The van der Waals surface area contributed by atoms with E-state index in [0.29, 0.717) is 11.3 Å². The maximum absolute atomic E-state index is 13.3. The second kappa shape index (κ2) is 12.4. The van der Waals surface area contributed by atoms with Gasteiger partial charge in [-0.05, 0) is 68.8 Å². The molecule has 0 radical (unpaired) electrons. The summed E-state index contributed by atoms with van der Waals surface area (Å²) in [7, 11) is 0. The number of amides is 2. The van der Waals surface area contributed by atoms with Crippen molar-refractivity contribution >= 4 is 29.3 Å². The lowest BCUT2D eigenvalue weighted by Gasteiger charge is -2.29. The molecule has 2 N–H and O–H groups in total. The molecule has 0 aliphatic carbocycles. The van der Waals surface area contributed by atoms with Crippen molar-refractivity contribution in [1.29, 1.82) is 0 Å². The van der Waals surface area contributed by atoms with Gasteiger partial charge in [-0.2, -0.15) is 0 Å². The third-order valence-electron chi connectivity index (χ3n) is 5.03. The number of carboxylic acids is 1. The summed E-state index contributed by atoms with van der Waals surface area (Å²) in [5.74, 6) is -1.92. The standard InChI is InChI=1S/C28H27F3N2O7/c1-27(2,3)40-26(37)33(16-18-9-12-21(13-10-18)39-28(29,30)31)23-14-11-19(25(35)36)15-22(23)32-24(34)17-38-20-7-5-4-6-8-20/h4-15H,16-17H2,1-3H3,(H,32,34)(H,35,36). The van der Waals surface area contributed by atoms with Gasteiger partial charge in [-0.3, -0.25) is 9.69 Å². The molecule has 3 aromatic rings. The van der Waals surface area contributed by atoms with Crippen molar-refractivity contribution in [3.63, 3.8) is 0 Å². The highest BCUT2D eigenvalue weighted by atomic mass is 19.4.